The molecule has 1 aliphatic rings. The van der Waals surface area contributed by atoms with Gasteiger partial charge in [-0.05, 0) is 35.4 Å². The number of halogens is 2. The highest BCUT2D eigenvalue weighted by molar-refractivity contribution is 9.10. The molecule has 0 bridgehead atoms. The molecule has 0 saturated heterocycles. The smallest absolute Gasteiger partial charge is 0.231 e. The van der Waals surface area contributed by atoms with Crippen LogP contribution in [-0.4, -0.2) is 18.1 Å². The lowest BCUT2D eigenvalue weighted by Crippen LogP contribution is -2.20. The van der Waals surface area contributed by atoms with Crippen LogP contribution in [0.15, 0.2) is 40.9 Å². The van der Waals surface area contributed by atoms with E-state index in [0.29, 0.717) is 16.5 Å². The molecule has 0 radical (unpaired) electrons. The van der Waals surface area contributed by atoms with Crippen molar-refractivity contribution >= 4 is 27.5 Å². The van der Waals surface area contributed by atoms with E-state index in [9.17, 15) is 14.3 Å². The van der Waals surface area contributed by atoms with Crippen LogP contribution in [0.4, 0.5) is 10.1 Å². The lowest BCUT2D eigenvalue weighted by Gasteiger charge is -2.15. The molecule has 1 atom stereocenters. The molecule has 5 heteroatoms. The normalized spacial score (nSPS) is 15.2. The number of aliphatic hydroxyl groups is 1. The summed E-state index contributed by atoms with van der Waals surface area (Å²) in [4.78, 5) is 13.3. The van der Waals surface area contributed by atoms with Crippen LogP contribution in [0.2, 0.25) is 0 Å². The second-order valence-electron chi connectivity index (χ2n) is 5.09. The second kappa shape index (κ2) is 5.24. The molecule has 0 aromatic heterocycles. The van der Waals surface area contributed by atoms with Crippen molar-refractivity contribution in [2.24, 2.45) is 0 Å². The summed E-state index contributed by atoms with van der Waals surface area (Å²) in [7, 11) is 1.72. The molecule has 0 fully saturated rings. The molecule has 0 spiro atoms. The Morgan fingerprint density at radius 2 is 2.05 bits per heavy atom. The van der Waals surface area contributed by atoms with Gasteiger partial charge < -0.3 is 10.0 Å². The van der Waals surface area contributed by atoms with Crippen molar-refractivity contribution in [3.05, 3.63) is 63.4 Å². The molecule has 0 aliphatic carbocycles. The van der Waals surface area contributed by atoms with Gasteiger partial charge in [-0.25, -0.2) is 4.39 Å². The second-order valence-corrected chi connectivity index (χ2v) is 6.00. The van der Waals surface area contributed by atoms with Gasteiger partial charge in [0.05, 0.1) is 6.42 Å². The Balaban J connectivity index is 2.00. The van der Waals surface area contributed by atoms with Crippen molar-refractivity contribution in [2.75, 3.05) is 11.9 Å². The van der Waals surface area contributed by atoms with E-state index < -0.39 is 11.9 Å². The Morgan fingerprint density at radius 1 is 1.29 bits per heavy atom. The van der Waals surface area contributed by atoms with Gasteiger partial charge >= 0.3 is 0 Å². The zero-order chi connectivity index (χ0) is 15.1. The van der Waals surface area contributed by atoms with E-state index in [0.717, 1.165) is 11.3 Å². The molecule has 3 rings (SSSR count). The largest absolute Gasteiger partial charge is 0.384 e. The monoisotopic (exact) mass is 349 g/mol. The quantitative estimate of drug-likeness (QED) is 0.904. The summed E-state index contributed by atoms with van der Waals surface area (Å²) in [6, 6.07) is 9.73. The fourth-order valence-electron chi connectivity index (χ4n) is 2.56. The van der Waals surface area contributed by atoms with Crippen molar-refractivity contribution in [1.82, 2.24) is 0 Å². The minimum atomic E-state index is -1.06. The molecule has 2 aromatic rings. The molecule has 1 aliphatic heterocycles. The SMILES string of the molecule is CN1C(=O)Cc2cc(C(O)c3cc(Br)ccc3F)ccc21. The summed E-state index contributed by atoms with van der Waals surface area (Å²) in [5, 5.41) is 10.4. The van der Waals surface area contributed by atoms with Crippen molar-refractivity contribution in [2.45, 2.75) is 12.5 Å². The first kappa shape index (κ1) is 14.2. The molecule has 3 nitrogen and oxygen atoms in total. The van der Waals surface area contributed by atoms with Crippen LogP contribution in [0.5, 0.6) is 0 Å². The topological polar surface area (TPSA) is 40.5 Å². The fourth-order valence-corrected chi connectivity index (χ4v) is 2.94. The molecule has 1 amide bonds. The summed E-state index contributed by atoms with van der Waals surface area (Å²) < 4.78 is 14.6. The maximum absolute atomic E-state index is 13.9. The highest BCUT2D eigenvalue weighted by Crippen LogP contribution is 2.33. The molecule has 1 N–H and O–H groups in total. The molecule has 1 unspecified atom stereocenters. The van der Waals surface area contributed by atoms with E-state index in [4.69, 9.17) is 0 Å². The van der Waals surface area contributed by atoms with Crippen molar-refractivity contribution in [1.29, 1.82) is 0 Å². The van der Waals surface area contributed by atoms with Gasteiger partial charge in [-0.15, -0.1) is 0 Å². The average molecular weight is 350 g/mol. The van der Waals surface area contributed by atoms with Gasteiger partial charge in [0.15, 0.2) is 0 Å². The summed E-state index contributed by atoms with van der Waals surface area (Å²) in [5.74, 6) is -0.440. The third kappa shape index (κ3) is 2.47. The number of hydrogen-bond donors (Lipinski definition) is 1. The molecule has 0 saturated carbocycles. The lowest BCUT2D eigenvalue weighted by atomic mass is 9.98. The predicted molar refractivity (Wildman–Crippen MR) is 81.7 cm³/mol. The number of fused-ring (bicyclic) bond motifs is 1. The maximum Gasteiger partial charge on any atom is 0.231 e. The van der Waals surface area contributed by atoms with Crippen LogP contribution >= 0.6 is 15.9 Å². The van der Waals surface area contributed by atoms with E-state index in [1.54, 1.807) is 42.3 Å². The summed E-state index contributed by atoms with van der Waals surface area (Å²) in [5.41, 5.74) is 2.48. The van der Waals surface area contributed by atoms with Crippen molar-refractivity contribution in [3.8, 4) is 0 Å². The molecule has 1 heterocycles. The van der Waals surface area contributed by atoms with Crippen LogP contribution in [-0.2, 0) is 11.2 Å². The number of benzene rings is 2. The third-order valence-electron chi connectivity index (χ3n) is 3.75. The lowest BCUT2D eigenvalue weighted by molar-refractivity contribution is -0.117. The highest BCUT2D eigenvalue weighted by atomic mass is 79.9. The van der Waals surface area contributed by atoms with Crippen LogP contribution in [0.1, 0.15) is 22.8 Å². The highest BCUT2D eigenvalue weighted by Gasteiger charge is 2.25. The van der Waals surface area contributed by atoms with Gasteiger partial charge in [0.2, 0.25) is 5.91 Å². The summed E-state index contributed by atoms with van der Waals surface area (Å²) in [6.45, 7) is 0. The Morgan fingerprint density at radius 3 is 2.81 bits per heavy atom. The average Bonchev–Trinajstić information content (AvgIpc) is 2.75. The first-order chi connectivity index (χ1) is 9.97. The fraction of sp³-hybridized carbons (Fsp3) is 0.188. The third-order valence-corrected chi connectivity index (χ3v) is 4.24. The Kier molecular flexibility index (Phi) is 3.55. The van der Waals surface area contributed by atoms with Crippen molar-refractivity contribution in [3.63, 3.8) is 0 Å². The summed E-state index contributed by atoms with van der Waals surface area (Å²) in [6.07, 6.45) is -0.748. The minimum Gasteiger partial charge on any atom is -0.384 e. The molecule has 2 aromatic carbocycles. The number of aliphatic hydroxyl groups excluding tert-OH is 1. The van der Waals surface area contributed by atoms with Gasteiger partial charge in [0.25, 0.3) is 0 Å². The van der Waals surface area contributed by atoms with Gasteiger partial charge in [0, 0.05) is 22.8 Å². The molecular formula is C16H13BrFNO2. The van der Waals surface area contributed by atoms with Crippen LogP contribution in [0, 0.1) is 5.82 Å². The van der Waals surface area contributed by atoms with Crippen LogP contribution in [0.25, 0.3) is 0 Å². The Labute approximate surface area is 130 Å². The molecule has 21 heavy (non-hydrogen) atoms. The Bertz CT molecular complexity index is 732. The number of rotatable bonds is 2. The van der Waals surface area contributed by atoms with E-state index >= 15 is 0 Å². The Hall–Kier alpha value is -1.72. The molecule has 108 valence electrons. The zero-order valence-corrected chi connectivity index (χ0v) is 12.9. The number of carbonyl (C=O) groups excluding carboxylic acids is 1. The van der Waals surface area contributed by atoms with Gasteiger partial charge in [-0.3, -0.25) is 4.79 Å². The number of anilines is 1. The number of carbonyl (C=O) groups is 1. The first-order valence-corrected chi connectivity index (χ1v) is 7.29. The van der Waals surface area contributed by atoms with Crippen LogP contribution < -0.4 is 4.90 Å². The van der Waals surface area contributed by atoms with Crippen LogP contribution in [0.3, 0.4) is 0 Å². The van der Waals surface area contributed by atoms with E-state index in [1.165, 1.54) is 6.07 Å². The number of nitrogens with zero attached hydrogens (tertiary/aromatic N) is 1. The van der Waals surface area contributed by atoms with Crippen molar-refractivity contribution < 1.29 is 14.3 Å². The number of amides is 1. The first-order valence-electron chi connectivity index (χ1n) is 6.50. The van der Waals surface area contributed by atoms with E-state index in [2.05, 4.69) is 15.9 Å². The number of likely N-dealkylation sites (N-methyl/N-ethyl adjacent to an activating group) is 1. The van der Waals surface area contributed by atoms with Gasteiger partial charge in [0.1, 0.15) is 11.9 Å². The standard InChI is InChI=1S/C16H13BrFNO2/c1-19-14-5-2-9(6-10(14)7-15(19)20)16(21)12-8-11(17)3-4-13(12)18/h2-6,8,16,21H,7H2,1H3. The zero-order valence-electron chi connectivity index (χ0n) is 11.3. The maximum atomic E-state index is 13.9. The number of hydrogen-bond acceptors (Lipinski definition) is 2. The molecular weight excluding hydrogens is 337 g/mol. The minimum absolute atomic E-state index is 0.0188. The van der Waals surface area contributed by atoms with Gasteiger partial charge in [-0.1, -0.05) is 28.1 Å². The van der Waals surface area contributed by atoms with E-state index in [-0.39, 0.29) is 11.5 Å². The predicted octanol–water partition coefficient (Wildman–Crippen LogP) is 3.19. The van der Waals surface area contributed by atoms with E-state index in [1.807, 2.05) is 0 Å². The van der Waals surface area contributed by atoms with Gasteiger partial charge in [-0.2, -0.15) is 0 Å². The summed E-state index contributed by atoms with van der Waals surface area (Å²) >= 11 is 3.27.